The maximum atomic E-state index is 14.3. The zero-order chi connectivity index (χ0) is 42.2. The van der Waals surface area contributed by atoms with Gasteiger partial charge in [0.15, 0.2) is 0 Å². The number of aliphatic hydroxyl groups is 3. The van der Waals surface area contributed by atoms with Crippen molar-refractivity contribution in [1.82, 2.24) is 4.90 Å². The number of esters is 1. The van der Waals surface area contributed by atoms with Crippen LogP contribution >= 0.6 is 0 Å². The maximum Gasteiger partial charge on any atom is 0.329 e. The second kappa shape index (κ2) is 21.0. The molecule has 3 fully saturated rings. The van der Waals surface area contributed by atoms with E-state index < -0.39 is 83.9 Å². The van der Waals surface area contributed by atoms with Crippen LogP contribution in [-0.2, 0) is 42.9 Å². The number of methoxy groups -OCH3 is 3. The highest BCUT2D eigenvalue weighted by molar-refractivity contribution is 6.39. The van der Waals surface area contributed by atoms with Crippen LogP contribution in [0.2, 0.25) is 0 Å². The van der Waals surface area contributed by atoms with E-state index in [2.05, 4.69) is 6.58 Å². The fraction of sp³-hybridized carbons (Fsp3) is 0.773. The molecule has 0 spiro atoms. The lowest BCUT2D eigenvalue weighted by atomic mass is 9.81. The molecule has 13 heteroatoms. The number of Topliss-reactive ketones (excluding diaryl/α,β-unsaturated/α-hetero) is 2. The van der Waals surface area contributed by atoms with Crippen LogP contribution in [0.4, 0.5) is 0 Å². The summed E-state index contributed by atoms with van der Waals surface area (Å²) in [7, 11) is 4.63. The Bertz CT molecular complexity index is 1480. The van der Waals surface area contributed by atoms with Crippen molar-refractivity contribution in [2.45, 2.75) is 160 Å². The van der Waals surface area contributed by atoms with Crippen LogP contribution in [0.3, 0.4) is 0 Å². The van der Waals surface area contributed by atoms with Crippen molar-refractivity contribution < 1.29 is 58.2 Å². The first kappa shape index (κ1) is 46.9. The molecule has 0 aromatic rings. The van der Waals surface area contributed by atoms with Gasteiger partial charge in [0, 0.05) is 52.0 Å². The van der Waals surface area contributed by atoms with Crippen molar-refractivity contribution in [3.63, 3.8) is 0 Å². The lowest BCUT2D eigenvalue weighted by Gasteiger charge is -2.47. The first-order valence-electron chi connectivity index (χ1n) is 20.9. The SMILES string of the molecule is C=CC[C@H]1/C=C(\C)C[C@@H](C)C[C@@H](OC)[C@H]2O[C@](O)(C(=O)C(=O)N3CCCC[C@@H]3C(=O)O[C@@H]([C@H](C)[C@H](O)/C(C)=C/[C@H]3CC[C@H](O)[C@@H](OC)C3)CC1=O)[C@@H](C)C[C@H]2OC. The van der Waals surface area contributed by atoms with Gasteiger partial charge >= 0.3 is 5.97 Å². The van der Waals surface area contributed by atoms with Gasteiger partial charge in [-0.15, -0.1) is 6.58 Å². The van der Waals surface area contributed by atoms with Gasteiger partial charge in [-0.1, -0.05) is 44.6 Å². The van der Waals surface area contributed by atoms with Gasteiger partial charge in [-0.2, -0.15) is 0 Å². The predicted molar refractivity (Wildman–Crippen MR) is 213 cm³/mol. The molecule has 322 valence electrons. The third kappa shape index (κ3) is 11.3. The average Bonchev–Trinajstić information content (AvgIpc) is 3.19. The van der Waals surface area contributed by atoms with Crippen LogP contribution in [0.25, 0.3) is 0 Å². The topological polar surface area (TPSA) is 178 Å². The van der Waals surface area contributed by atoms with Gasteiger partial charge in [-0.05, 0) is 95.5 Å². The van der Waals surface area contributed by atoms with E-state index in [1.165, 1.54) is 14.2 Å². The fourth-order valence-electron chi connectivity index (χ4n) is 9.40. The summed E-state index contributed by atoms with van der Waals surface area (Å²) < 4.78 is 29.6. The number of aliphatic hydroxyl groups excluding tert-OH is 2. The Hall–Kier alpha value is -2.78. The molecule has 3 aliphatic heterocycles. The van der Waals surface area contributed by atoms with Crippen LogP contribution in [0.5, 0.6) is 0 Å². The van der Waals surface area contributed by atoms with Gasteiger partial charge in [0.25, 0.3) is 11.7 Å². The first-order chi connectivity index (χ1) is 27.0. The van der Waals surface area contributed by atoms with Gasteiger partial charge in [-0.25, -0.2) is 4.79 Å². The molecule has 1 aliphatic carbocycles. The molecular formula is C44H69NO12. The molecule has 1 amide bonds. The standard InChI is InChI=1S/C44H69NO12/c1-10-13-31-19-25(2)18-26(3)20-37(54-8)40-38(55-9)22-28(5)44(52,57-40)41(49)42(50)45-17-12-11-14-32(45)43(51)56-35(24-34(31)47)29(6)39(48)27(4)21-30-15-16-33(46)36(23-30)53-7/h10,19,21,26,28-33,35-40,46,48,52H,1,11-18,20,22-24H2,2-9H3/b25-19+,27-21+/t26-,28+,29+,30-,31+,32-,33+,35-,36+,37-,38-,39-,40-,44+/m1/s1. The number of hydrogen-bond donors (Lipinski definition) is 3. The molecule has 0 aromatic heterocycles. The molecule has 4 aliphatic rings. The summed E-state index contributed by atoms with van der Waals surface area (Å²) in [5.74, 6) is -7.80. The Labute approximate surface area is 339 Å². The van der Waals surface area contributed by atoms with E-state index in [0.717, 1.165) is 10.5 Å². The molecule has 14 atom stereocenters. The summed E-state index contributed by atoms with van der Waals surface area (Å²) >= 11 is 0. The number of carbonyl (C=O) groups is 4. The summed E-state index contributed by atoms with van der Waals surface area (Å²) in [5, 5.41) is 34.0. The van der Waals surface area contributed by atoms with Crippen molar-refractivity contribution in [2.24, 2.45) is 29.6 Å². The number of carbonyl (C=O) groups excluding carboxylic acids is 4. The van der Waals surface area contributed by atoms with E-state index in [1.807, 2.05) is 26.0 Å². The number of cyclic esters (lactones) is 1. The molecular weight excluding hydrogens is 734 g/mol. The summed E-state index contributed by atoms with van der Waals surface area (Å²) in [4.78, 5) is 58.0. The largest absolute Gasteiger partial charge is 0.460 e. The number of allylic oxidation sites excluding steroid dienone is 4. The van der Waals surface area contributed by atoms with E-state index in [0.29, 0.717) is 56.9 Å². The molecule has 2 bridgehead atoms. The summed E-state index contributed by atoms with van der Waals surface area (Å²) in [6.07, 6.45) is 5.10. The number of ether oxygens (including phenoxy) is 5. The van der Waals surface area contributed by atoms with Crippen molar-refractivity contribution in [2.75, 3.05) is 27.9 Å². The summed E-state index contributed by atoms with van der Waals surface area (Å²) in [5.41, 5.74) is 1.60. The van der Waals surface area contributed by atoms with Crippen LogP contribution in [0, 0.1) is 29.6 Å². The minimum absolute atomic E-state index is 0.0120. The highest BCUT2D eigenvalue weighted by Gasteiger charge is 2.56. The van der Waals surface area contributed by atoms with Crippen molar-refractivity contribution in [1.29, 1.82) is 0 Å². The lowest BCUT2D eigenvalue weighted by molar-refractivity contribution is -0.302. The normalized spacial score (nSPS) is 39.1. The minimum atomic E-state index is -2.50. The van der Waals surface area contributed by atoms with Crippen LogP contribution in [-0.4, -0.2) is 126 Å². The third-order valence-electron chi connectivity index (χ3n) is 12.9. The van der Waals surface area contributed by atoms with Crippen LogP contribution in [0.1, 0.15) is 105 Å². The van der Waals surface area contributed by atoms with Gasteiger partial charge < -0.3 is 43.9 Å². The van der Waals surface area contributed by atoms with E-state index in [9.17, 15) is 34.5 Å². The number of piperidine rings is 1. The molecule has 0 aromatic carbocycles. The van der Waals surface area contributed by atoms with Crippen molar-refractivity contribution in [3.05, 3.63) is 36.0 Å². The zero-order valence-corrected chi connectivity index (χ0v) is 35.4. The van der Waals surface area contributed by atoms with Gasteiger partial charge in [0.05, 0.1) is 30.5 Å². The van der Waals surface area contributed by atoms with Gasteiger partial charge in [0.1, 0.15) is 24.0 Å². The Morgan fingerprint density at radius 3 is 2.32 bits per heavy atom. The Morgan fingerprint density at radius 1 is 1.00 bits per heavy atom. The van der Waals surface area contributed by atoms with Gasteiger partial charge in [0.2, 0.25) is 5.79 Å². The minimum Gasteiger partial charge on any atom is -0.460 e. The molecule has 3 heterocycles. The van der Waals surface area contributed by atoms with E-state index in [1.54, 1.807) is 34.0 Å². The molecule has 1 saturated carbocycles. The number of fused-ring (bicyclic) bond motifs is 3. The fourth-order valence-corrected chi connectivity index (χ4v) is 9.40. The van der Waals surface area contributed by atoms with E-state index in [4.69, 9.17) is 23.7 Å². The third-order valence-corrected chi connectivity index (χ3v) is 12.9. The van der Waals surface area contributed by atoms with E-state index >= 15 is 0 Å². The second-order valence-corrected chi connectivity index (χ2v) is 17.3. The maximum absolute atomic E-state index is 14.3. The Morgan fingerprint density at radius 2 is 1.67 bits per heavy atom. The lowest BCUT2D eigenvalue weighted by Crippen LogP contribution is -2.64. The molecule has 13 nitrogen and oxygen atoms in total. The Balaban J connectivity index is 1.74. The highest BCUT2D eigenvalue weighted by Crippen LogP contribution is 2.39. The van der Waals surface area contributed by atoms with Crippen molar-refractivity contribution in [3.8, 4) is 0 Å². The number of amides is 1. The van der Waals surface area contributed by atoms with Gasteiger partial charge in [-0.3, -0.25) is 14.4 Å². The number of nitrogens with zero attached hydrogens (tertiary/aromatic N) is 1. The van der Waals surface area contributed by atoms with Crippen molar-refractivity contribution >= 4 is 23.4 Å². The quantitative estimate of drug-likeness (QED) is 0.168. The molecule has 3 N–H and O–H groups in total. The van der Waals surface area contributed by atoms with Crippen LogP contribution < -0.4 is 0 Å². The monoisotopic (exact) mass is 803 g/mol. The predicted octanol–water partition coefficient (Wildman–Crippen LogP) is 4.64. The molecule has 0 unspecified atom stereocenters. The Kier molecular flexibility index (Phi) is 17.2. The van der Waals surface area contributed by atoms with E-state index in [-0.39, 0.29) is 49.5 Å². The number of hydrogen-bond acceptors (Lipinski definition) is 12. The average molecular weight is 804 g/mol. The number of rotatable bonds is 9. The molecule has 57 heavy (non-hydrogen) atoms. The summed E-state index contributed by atoms with van der Waals surface area (Å²) in [6.45, 7) is 13.1. The number of ketones is 2. The van der Waals surface area contributed by atoms with Crippen LogP contribution in [0.15, 0.2) is 36.0 Å². The first-order valence-corrected chi connectivity index (χ1v) is 20.9. The second-order valence-electron chi connectivity index (χ2n) is 17.3. The highest BCUT2D eigenvalue weighted by atomic mass is 16.7. The molecule has 2 saturated heterocycles. The summed E-state index contributed by atoms with van der Waals surface area (Å²) in [6, 6.07) is -1.17. The zero-order valence-electron chi connectivity index (χ0n) is 35.4. The smallest absolute Gasteiger partial charge is 0.329 e. The molecule has 0 radical (unpaired) electrons. The molecule has 4 rings (SSSR count).